The second kappa shape index (κ2) is 7.67. The van der Waals surface area contributed by atoms with Gasteiger partial charge in [0.2, 0.25) is 0 Å². The summed E-state index contributed by atoms with van der Waals surface area (Å²) in [5.74, 6) is 0.360. The quantitative estimate of drug-likeness (QED) is 0.458. The fourth-order valence-corrected chi connectivity index (χ4v) is 5.07. The summed E-state index contributed by atoms with van der Waals surface area (Å²) in [5.41, 5.74) is 7.21. The number of benzene rings is 2. The van der Waals surface area contributed by atoms with Crippen LogP contribution in [0.2, 0.25) is 10.0 Å². The number of hydrogen-bond donors (Lipinski definition) is 2. The van der Waals surface area contributed by atoms with Crippen molar-refractivity contribution in [2.75, 3.05) is 11.4 Å². The van der Waals surface area contributed by atoms with E-state index in [1.54, 1.807) is 18.2 Å². The van der Waals surface area contributed by atoms with Gasteiger partial charge in [0.05, 0.1) is 15.5 Å². The van der Waals surface area contributed by atoms with Gasteiger partial charge in [-0.15, -0.1) is 0 Å². The Bertz CT molecular complexity index is 1050. The topological polar surface area (TPSA) is 68.6 Å². The smallest absolute Gasteiger partial charge is 0.300 e. The molecular formula is C21H20Cl2N4OS. The highest BCUT2D eigenvalue weighted by Gasteiger charge is 2.34. The van der Waals surface area contributed by atoms with Crippen LogP contribution in [0.5, 0.6) is 0 Å². The van der Waals surface area contributed by atoms with E-state index in [-0.39, 0.29) is 5.24 Å². The molecule has 2 aliphatic heterocycles. The molecule has 0 saturated heterocycles. The zero-order valence-corrected chi connectivity index (χ0v) is 18.4. The van der Waals surface area contributed by atoms with Crippen molar-refractivity contribution in [3.05, 3.63) is 63.1 Å². The van der Waals surface area contributed by atoms with E-state index in [2.05, 4.69) is 16.6 Å². The van der Waals surface area contributed by atoms with Crippen LogP contribution in [0.3, 0.4) is 0 Å². The van der Waals surface area contributed by atoms with Crippen LogP contribution in [-0.4, -0.2) is 28.1 Å². The average molecular weight is 447 g/mol. The molecule has 2 aliphatic rings. The molecule has 8 heteroatoms. The summed E-state index contributed by atoms with van der Waals surface area (Å²) in [7, 11) is 0. The van der Waals surface area contributed by atoms with Crippen LogP contribution >= 0.6 is 35.0 Å². The number of rotatable bonds is 2. The predicted octanol–water partition coefficient (Wildman–Crippen LogP) is 5.71. The van der Waals surface area contributed by atoms with Gasteiger partial charge < -0.3 is 4.90 Å². The number of hydrazone groups is 1. The summed E-state index contributed by atoms with van der Waals surface area (Å²) in [6.07, 6.45) is 1.86. The third kappa shape index (κ3) is 3.89. The molecule has 29 heavy (non-hydrogen) atoms. The number of halogens is 2. The van der Waals surface area contributed by atoms with Crippen molar-refractivity contribution in [1.82, 2.24) is 5.43 Å². The number of fused-ring (bicyclic) bond motifs is 1. The van der Waals surface area contributed by atoms with Crippen molar-refractivity contribution in [3.8, 4) is 0 Å². The monoisotopic (exact) mass is 446 g/mol. The molecule has 2 N–H and O–H groups in total. The van der Waals surface area contributed by atoms with E-state index in [1.165, 1.54) is 11.8 Å². The molecule has 0 saturated carbocycles. The lowest BCUT2D eigenvalue weighted by Gasteiger charge is -2.33. The maximum Gasteiger partial charge on any atom is 0.300 e. The lowest BCUT2D eigenvalue weighted by Crippen LogP contribution is -2.39. The fourth-order valence-electron chi connectivity index (χ4n) is 3.75. The normalized spacial score (nSPS) is 18.0. The van der Waals surface area contributed by atoms with E-state index in [0.717, 1.165) is 41.9 Å². The lowest BCUT2D eigenvalue weighted by molar-refractivity contribution is 0.260. The zero-order valence-electron chi connectivity index (χ0n) is 16.1. The molecule has 2 heterocycles. The van der Waals surface area contributed by atoms with Gasteiger partial charge in [0.25, 0.3) is 5.24 Å². The minimum absolute atomic E-state index is 0.142. The summed E-state index contributed by atoms with van der Waals surface area (Å²) >= 11 is 13.6. The first-order valence-corrected chi connectivity index (χ1v) is 10.9. The van der Waals surface area contributed by atoms with Crippen LogP contribution in [-0.2, 0) is 6.42 Å². The highest BCUT2D eigenvalue weighted by Crippen LogP contribution is 2.36. The Balaban J connectivity index is 1.69. The molecular weight excluding hydrogens is 427 g/mol. The number of amidine groups is 1. The minimum Gasteiger partial charge on any atom is -0.326 e. The Morgan fingerprint density at radius 3 is 2.76 bits per heavy atom. The second-order valence-corrected chi connectivity index (χ2v) is 9.98. The third-order valence-electron chi connectivity index (χ3n) is 5.10. The van der Waals surface area contributed by atoms with Gasteiger partial charge in [-0.2, -0.15) is 5.10 Å². The Hall–Kier alpha value is -2.02. The first-order valence-electron chi connectivity index (χ1n) is 9.28. The zero-order chi connectivity index (χ0) is 20.8. The molecule has 2 aromatic carbocycles. The van der Waals surface area contributed by atoms with Gasteiger partial charge in [-0.1, -0.05) is 41.0 Å². The number of carbonyl (C=O) groups excluding carboxylic acids is 1. The van der Waals surface area contributed by atoms with Gasteiger partial charge in [-0.25, -0.2) is 5.43 Å². The van der Waals surface area contributed by atoms with Crippen molar-refractivity contribution in [2.24, 2.45) is 5.10 Å². The molecule has 1 amide bonds. The van der Waals surface area contributed by atoms with Crippen LogP contribution in [0.1, 0.15) is 37.0 Å². The van der Waals surface area contributed by atoms with Gasteiger partial charge in [-0.3, -0.25) is 10.2 Å². The number of hydrogen-bond acceptors (Lipinski definition) is 4. The van der Waals surface area contributed by atoms with Gasteiger partial charge >= 0.3 is 0 Å². The van der Waals surface area contributed by atoms with Gasteiger partial charge in [0.15, 0.2) is 0 Å². The Morgan fingerprint density at radius 1 is 1.24 bits per heavy atom. The molecule has 0 spiro atoms. The van der Waals surface area contributed by atoms with E-state index in [4.69, 9.17) is 28.6 Å². The van der Waals surface area contributed by atoms with Crippen molar-refractivity contribution in [1.29, 1.82) is 5.41 Å². The average Bonchev–Trinajstić information content (AvgIpc) is 2.66. The highest BCUT2D eigenvalue weighted by atomic mass is 35.5. The minimum atomic E-state index is -0.408. The van der Waals surface area contributed by atoms with Crippen LogP contribution in [0.4, 0.5) is 10.5 Å². The van der Waals surface area contributed by atoms with Gasteiger partial charge in [-0.05, 0) is 68.1 Å². The molecule has 0 unspecified atom stereocenters. The van der Waals surface area contributed by atoms with E-state index in [9.17, 15) is 4.79 Å². The SMILES string of the molecule is CC1(C)SC(=O)NN=C1c1ccc2c(c1)CCCN2C(=N)c1ccc(Cl)cc1Cl. The Morgan fingerprint density at radius 2 is 2.03 bits per heavy atom. The van der Waals surface area contributed by atoms with Crippen molar-refractivity contribution >= 4 is 57.4 Å². The van der Waals surface area contributed by atoms with E-state index < -0.39 is 4.75 Å². The van der Waals surface area contributed by atoms with Gasteiger partial charge in [0, 0.05) is 22.8 Å². The highest BCUT2D eigenvalue weighted by molar-refractivity contribution is 8.15. The number of nitrogens with zero attached hydrogens (tertiary/aromatic N) is 2. The van der Waals surface area contributed by atoms with Gasteiger partial charge in [0.1, 0.15) is 5.84 Å². The van der Waals surface area contributed by atoms with Crippen molar-refractivity contribution in [2.45, 2.75) is 31.4 Å². The summed E-state index contributed by atoms with van der Waals surface area (Å²) in [4.78, 5) is 13.7. The maximum absolute atomic E-state index is 11.7. The molecule has 0 bridgehead atoms. The lowest BCUT2D eigenvalue weighted by atomic mass is 9.93. The molecule has 0 atom stereocenters. The first kappa shape index (κ1) is 20.3. The van der Waals surface area contributed by atoms with Crippen molar-refractivity contribution in [3.63, 3.8) is 0 Å². The van der Waals surface area contributed by atoms with E-state index in [0.29, 0.717) is 21.4 Å². The number of aryl methyl sites for hydroxylation is 1. The van der Waals surface area contributed by atoms with E-state index in [1.807, 2.05) is 30.9 Å². The molecule has 2 aromatic rings. The second-order valence-electron chi connectivity index (χ2n) is 7.54. The Kier molecular flexibility index (Phi) is 5.36. The van der Waals surface area contributed by atoms with Crippen LogP contribution in [0.25, 0.3) is 0 Å². The fraction of sp³-hybridized carbons (Fsp3) is 0.286. The van der Waals surface area contributed by atoms with Crippen LogP contribution in [0, 0.1) is 5.41 Å². The molecule has 5 nitrogen and oxygen atoms in total. The summed E-state index contributed by atoms with van der Waals surface area (Å²) in [5, 5.41) is 13.9. The molecule has 0 aliphatic carbocycles. The third-order valence-corrected chi connectivity index (χ3v) is 6.63. The van der Waals surface area contributed by atoms with Crippen LogP contribution in [0.15, 0.2) is 41.5 Å². The number of anilines is 1. The summed E-state index contributed by atoms with van der Waals surface area (Å²) in [6, 6.07) is 11.4. The number of thioether (sulfide) groups is 1. The summed E-state index contributed by atoms with van der Waals surface area (Å²) < 4.78 is -0.408. The number of carbonyl (C=O) groups is 1. The standard InChI is InChI=1S/C21H20Cl2N4OS/c1-21(2)18(25-26-20(28)29-21)13-5-8-17-12(10-13)4-3-9-27(17)19(24)15-7-6-14(22)11-16(15)23/h5-8,10-11,24H,3-4,9H2,1-2H3,(H,26,28). The molecule has 0 radical (unpaired) electrons. The maximum atomic E-state index is 11.7. The predicted molar refractivity (Wildman–Crippen MR) is 122 cm³/mol. The number of nitrogens with one attached hydrogen (secondary N) is 2. The first-order chi connectivity index (χ1) is 13.8. The molecule has 0 aromatic heterocycles. The molecule has 0 fully saturated rings. The van der Waals surface area contributed by atoms with Crippen molar-refractivity contribution < 1.29 is 4.79 Å². The van der Waals surface area contributed by atoms with E-state index >= 15 is 0 Å². The molecule has 150 valence electrons. The van der Waals surface area contributed by atoms with Crippen LogP contribution < -0.4 is 10.3 Å². The largest absolute Gasteiger partial charge is 0.326 e. The Labute approximate surface area is 184 Å². The molecule has 4 rings (SSSR count). The summed E-state index contributed by atoms with van der Waals surface area (Å²) in [6.45, 7) is 4.75. The number of amides is 1.